The van der Waals surface area contributed by atoms with Crippen molar-refractivity contribution in [2.24, 2.45) is 0 Å². The van der Waals surface area contributed by atoms with Gasteiger partial charge in [-0.2, -0.15) is 0 Å². The first-order chi connectivity index (χ1) is 14.2. The molecular formula is C22H24N2O5. The number of amides is 1. The number of nitrogens with zero attached hydrogens (tertiary/aromatic N) is 2. The van der Waals surface area contributed by atoms with E-state index in [1.54, 1.807) is 24.5 Å². The van der Waals surface area contributed by atoms with E-state index in [4.69, 9.17) is 18.3 Å². The lowest BCUT2D eigenvalue weighted by atomic mass is 10.2. The van der Waals surface area contributed by atoms with E-state index in [1.165, 1.54) is 0 Å². The number of benzene rings is 1. The van der Waals surface area contributed by atoms with Crippen LogP contribution in [0.15, 0.2) is 69.9 Å². The van der Waals surface area contributed by atoms with Crippen LogP contribution < -0.4 is 9.47 Å². The number of carbonyl (C=O) groups excluding carboxylic acids is 1. The Kier molecular flexibility index (Phi) is 5.86. The molecule has 1 unspecified atom stereocenters. The van der Waals surface area contributed by atoms with Crippen molar-refractivity contribution in [1.29, 1.82) is 0 Å². The minimum Gasteiger partial charge on any atom is -0.486 e. The predicted octanol–water partition coefficient (Wildman–Crippen LogP) is 3.17. The van der Waals surface area contributed by atoms with Gasteiger partial charge in [0.25, 0.3) is 0 Å². The van der Waals surface area contributed by atoms with Gasteiger partial charge >= 0.3 is 0 Å². The van der Waals surface area contributed by atoms with Crippen LogP contribution in [0.2, 0.25) is 0 Å². The molecule has 1 aromatic carbocycles. The van der Waals surface area contributed by atoms with E-state index < -0.39 is 0 Å². The van der Waals surface area contributed by atoms with Crippen molar-refractivity contribution in [2.75, 3.05) is 26.7 Å². The summed E-state index contributed by atoms with van der Waals surface area (Å²) in [6, 6.07) is 15.0. The van der Waals surface area contributed by atoms with E-state index in [9.17, 15) is 4.79 Å². The van der Waals surface area contributed by atoms with Gasteiger partial charge in [-0.25, -0.2) is 0 Å². The zero-order valence-electron chi connectivity index (χ0n) is 16.3. The molecule has 152 valence electrons. The van der Waals surface area contributed by atoms with Crippen LogP contribution in [0.4, 0.5) is 0 Å². The van der Waals surface area contributed by atoms with Crippen LogP contribution >= 0.6 is 0 Å². The fourth-order valence-electron chi connectivity index (χ4n) is 3.29. The van der Waals surface area contributed by atoms with Gasteiger partial charge in [-0.05, 0) is 36.4 Å². The fraction of sp³-hybridized carbons (Fsp3) is 0.318. The van der Waals surface area contributed by atoms with Crippen LogP contribution in [0, 0.1) is 0 Å². The third kappa shape index (κ3) is 5.00. The summed E-state index contributed by atoms with van der Waals surface area (Å²) in [5.74, 6) is 3.04. The van der Waals surface area contributed by atoms with Crippen LogP contribution in [0.25, 0.3) is 0 Å². The largest absolute Gasteiger partial charge is 0.486 e. The highest BCUT2D eigenvalue weighted by molar-refractivity contribution is 5.78. The zero-order valence-corrected chi connectivity index (χ0v) is 16.3. The highest BCUT2D eigenvalue weighted by Gasteiger charge is 2.25. The van der Waals surface area contributed by atoms with Gasteiger partial charge in [-0.3, -0.25) is 9.69 Å². The number of carbonyl (C=O) groups is 1. The summed E-state index contributed by atoms with van der Waals surface area (Å²) in [6.07, 6.45) is 3.06. The van der Waals surface area contributed by atoms with Gasteiger partial charge in [0.15, 0.2) is 17.6 Å². The molecule has 0 bridgehead atoms. The zero-order chi connectivity index (χ0) is 20.1. The molecule has 4 rings (SSSR count). The molecule has 0 radical (unpaired) electrons. The standard InChI is InChI=1S/C22H24N2O5/c1-23(12-19-16-28-20-8-2-3-9-21(20)29-19)22(25)15-24(13-17-6-4-10-26-17)14-18-7-5-11-27-18/h2-11,19H,12-16H2,1H3. The Hall–Kier alpha value is -3.19. The Morgan fingerprint density at radius 3 is 2.24 bits per heavy atom. The molecule has 7 nitrogen and oxygen atoms in total. The number of fused-ring (bicyclic) bond motifs is 1. The average molecular weight is 396 g/mol. The molecule has 3 aromatic rings. The van der Waals surface area contributed by atoms with E-state index in [0.717, 1.165) is 17.3 Å². The van der Waals surface area contributed by atoms with Crippen LogP contribution in [0.3, 0.4) is 0 Å². The fourth-order valence-corrected chi connectivity index (χ4v) is 3.29. The smallest absolute Gasteiger partial charge is 0.236 e. The molecule has 0 fully saturated rings. The maximum absolute atomic E-state index is 12.9. The second-order valence-electron chi connectivity index (χ2n) is 7.08. The lowest BCUT2D eigenvalue weighted by Crippen LogP contribution is -2.45. The van der Waals surface area contributed by atoms with E-state index in [-0.39, 0.29) is 18.6 Å². The summed E-state index contributed by atoms with van der Waals surface area (Å²) in [7, 11) is 1.78. The van der Waals surface area contributed by atoms with Gasteiger partial charge in [0.05, 0.1) is 38.7 Å². The number of ether oxygens (including phenoxy) is 2. The number of furan rings is 2. The number of likely N-dealkylation sites (N-methyl/N-ethyl adjacent to an activating group) is 1. The Balaban J connectivity index is 1.35. The highest BCUT2D eigenvalue weighted by atomic mass is 16.6. The first-order valence-corrected chi connectivity index (χ1v) is 9.57. The molecular weight excluding hydrogens is 372 g/mol. The van der Waals surface area contributed by atoms with Crippen molar-refractivity contribution in [2.45, 2.75) is 19.2 Å². The van der Waals surface area contributed by atoms with Crippen molar-refractivity contribution >= 4 is 5.91 Å². The Morgan fingerprint density at radius 2 is 1.62 bits per heavy atom. The number of hydrogen-bond acceptors (Lipinski definition) is 6. The Morgan fingerprint density at radius 1 is 0.966 bits per heavy atom. The van der Waals surface area contributed by atoms with Gasteiger partial charge < -0.3 is 23.2 Å². The van der Waals surface area contributed by atoms with Crippen LogP contribution in [0.5, 0.6) is 11.5 Å². The lowest BCUT2D eigenvalue weighted by Gasteiger charge is -2.30. The highest BCUT2D eigenvalue weighted by Crippen LogP contribution is 2.30. The summed E-state index contributed by atoms with van der Waals surface area (Å²) in [5, 5.41) is 0. The molecule has 3 heterocycles. The van der Waals surface area contributed by atoms with Crippen molar-refractivity contribution in [3.8, 4) is 11.5 Å². The van der Waals surface area contributed by atoms with Crippen LogP contribution in [-0.2, 0) is 17.9 Å². The minimum absolute atomic E-state index is 0.00873. The van der Waals surface area contributed by atoms with Gasteiger partial charge in [0.2, 0.25) is 5.91 Å². The van der Waals surface area contributed by atoms with E-state index in [0.29, 0.717) is 32.0 Å². The normalized spacial score (nSPS) is 15.4. The van der Waals surface area contributed by atoms with Gasteiger partial charge in [-0.15, -0.1) is 0 Å². The van der Waals surface area contributed by atoms with Gasteiger partial charge in [-0.1, -0.05) is 12.1 Å². The predicted molar refractivity (Wildman–Crippen MR) is 106 cm³/mol. The van der Waals surface area contributed by atoms with E-state index in [1.807, 2.05) is 53.4 Å². The second kappa shape index (κ2) is 8.87. The minimum atomic E-state index is -0.206. The molecule has 1 aliphatic rings. The molecule has 1 atom stereocenters. The maximum atomic E-state index is 12.9. The third-order valence-electron chi connectivity index (χ3n) is 4.75. The first-order valence-electron chi connectivity index (χ1n) is 9.57. The molecule has 0 saturated heterocycles. The summed E-state index contributed by atoms with van der Waals surface area (Å²) < 4.78 is 22.6. The van der Waals surface area contributed by atoms with Crippen molar-refractivity contribution in [1.82, 2.24) is 9.80 Å². The summed E-state index contributed by atoms with van der Waals surface area (Å²) in [6.45, 7) is 2.13. The topological polar surface area (TPSA) is 68.3 Å². The molecule has 0 saturated carbocycles. The number of rotatable bonds is 8. The van der Waals surface area contributed by atoms with Crippen LogP contribution in [-0.4, -0.2) is 48.6 Å². The third-order valence-corrected chi connectivity index (χ3v) is 4.75. The summed E-state index contributed by atoms with van der Waals surface area (Å²) in [4.78, 5) is 16.5. The molecule has 1 amide bonds. The average Bonchev–Trinajstić information content (AvgIpc) is 3.42. The quantitative estimate of drug-likeness (QED) is 0.583. The molecule has 2 aromatic heterocycles. The van der Waals surface area contributed by atoms with Crippen molar-refractivity contribution in [3.05, 3.63) is 72.6 Å². The van der Waals surface area contributed by atoms with Crippen molar-refractivity contribution < 1.29 is 23.1 Å². The molecule has 7 heteroatoms. The molecule has 0 aliphatic carbocycles. The monoisotopic (exact) mass is 396 g/mol. The molecule has 29 heavy (non-hydrogen) atoms. The van der Waals surface area contributed by atoms with Gasteiger partial charge in [0.1, 0.15) is 18.1 Å². The first kappa shape index (κ1) is 19.1. The van der Waals surface area contributed by atoms with Crippen LogP contribution in [0.1, 0.15) is 11.5 Å². The summed E-state index contributed by atoms with van der Waals surface area (Å²) in [5.41, 5.74) is 0. The molecule has 0 spiro atoms. The second-order valence-corrected chi connectivity index (χ2v) is 7.08. The Labute approximate surface area is 169 Å². The number of para-hydroxylation sites is 2. The SMILES string of the molecule is CN(CC1COc2ccccc2O1)C(=O)CN(Cc1ccco1)Cc1ccco1. The van der Waals surface area contributed by atoms with Crippen molar-refractivity contribution in [3.63, 3.8) is 0 Å². The maximum Gasteiger partial charge on any atom is 0.236 e. The number of hydrogen-bond donors (Lipinski definition) is 0. The van der Waals surface area contributed by atoms with E-state index >= 15 is 0 Å². The molecule has 1 aliphatic heterocycles. The lowest BCUT2D eigenvalue weighted by molar-refractivity contribution is -0.132. The van der Waals surface area contributed by atoms with E-state index in [2.05, 4.69) is 0 Å². The molecule has 0 N–H and O–H groups in total. The summed E-state index contributed by atoms with van der Waals surface area (Å²) >= 11 is 0. The van der Waals surface area contributed by atoms with Gasteiger partial charge in [0, 0.05) is 7.05 Å². The Bertz CT molecular complexity index is 871.